The monoisotopic (exact) mass is 260 g/mol. The number of methoxy groups -OCH3 is 1. The van der Waals surface area contributed by atoms with Crippen molar-refractivity contribution in [3.8, 4) is 0 Å². The number of hydrogen-bond donors (Lipinski definition) is 0. The van der Waals surface area contributed by atoms with Crippen LogP contribution in [0, 0.1) is 5.92 Å². The van der Waals surface area contributed by atoms with Crippen molar-refractivity contribution < 1.29 is 4.74 Å². The van der Waals surface area contributed by atoms with Gasteiger partial charge in [-0.3, -0.25) is 0 Å². The Balaban J connectivity index is 1.65. The van der Waals surface area contributed by atoms with Crippen LogP contribution in [0.5, 0.6) is 0 Å². The summed E-state index contributed by atoms with van der Waals surface area (Å²) < 4.78 is 5.19. The first-order valence-electron chi connectivity index (χ1n) is 7.95. The molecule has 0 aromatic heterocycles. The fourth-order valence-corrected chi connectivity index (χ4v) is 3.28. The Morgan fingerprint density at radius 2 is 1.84 bits per heavy atom. The lowest BCUT2D eigenvalue weighted by Gasteiger charge is -2.21. The van der Waals surface area contributed by atoms with Crippen LogP contribution in [0.1, 0.15) is 62.5 Å². The van der Waals surface area contributed by atoms with Gasteiger partial charge in [-0.05, 0) is 29.9 Å². The molecule has 0 heterocycles. The molecule has 0 bridgehead atoms. The molecule has 0 spiro atoms. The molecule has 1 aliphatic carbocycles. The van der Waals surface area contributed by atoms with Gasteiger partial charge in [0.2, 0.25) is 0 Å². The molecule has 0 aliphatic heterocycles. The molecular weight excluding hydrogens is 232 g/mol. The summed E-state index contributed by atoms with van der Waals surface area (Å²) in [5.74, 6) is 1.04. The van der Waals surface area contributed by atoms with E-state index in [0.29, 0.717) is 0 Å². The second kappa shape index (κ2) is 8.37. The lowest BCUT2D eigenvalue weighted by Crippen LogP contribution is -2.05. The first-order chi connectivity index (χ1) is 9.38. The average Bonchev–Trinajstić information content (AvgIpc) is 2.46. The standard InChI is InChI=1S/C18H28O/c1-19-15-18-13-7-12-17(14-18)11-6-5-10-16-8-3-2-4-9-16/h7,12-14,16H,2-6,8-11,15H2,1H3. The minimum absolute atomic E-state index is 0.732. The van der Waals surface area contributed by atoms with E-state index >= 15 is 0 Å². The van der Waals surface area contributed by atoms with E-state index in [9.17, 15) is 0 Å². The van der Waals surface area contributed by atoms with Crippen LogP contribution in [0.25, 0.3) is 0 Å². The molecule has 0 unspecified atom stereocenters. The SMILES string of the molecule is COCc1cccc(CCCCC2CCCCC2)c1. The molecule has 1 fully saturated rings. The second-order valence-corrected chi connectivity index (χ2v) is 6.00. The number of ether oxygens (including phenoxy) is 1. The van der Waals surface area contributed by atoms with Gasteiger partial charge in [0.15, 0.2) is 0 Å². The van der Waals surface area contributed by atoms with Crippen LogP contribution in [-0.2, 0) is 17.8 Å². The fraction of sp³-hybridized carbons (Fsp3) is 0.667. The van der Waals surface area contributed by atoms with Crippen LogP contribution in [0.3, 0.4) is 0 Å². The van der Waals surface area contributed by atoms with Crippen LogP contribution in [0.4, 0.5) is 0 Å². The molecule has 0 N–H and O–H groups in total. The summed E-state index contributed by atoms with van der Waals surface area (Å²) in [6.45, 7) is 0.732. The van der Waals surface area contributed by atoms with Gasteiger partial charge in [-0.15, -0.1) is 0 Å². The Morgan fingerprint density at radius 1 is 1.05 bits per heavy atom. The van der Waals surface area contributed by atoms with Gasteiger partial charge in [0, 0.05) is 7.11 Å². The highest BCUT2D eigenvalue weighted by Crippen LogP contribution is 2.27. The van der Waals surface area contributed by atoms with E-state index in [4.69, 9.17) is 4.74 Å². The molecule has 1 aliphatic rings. The molecule has 1 aromatic rings. The van der Waals surface area contributed by atoms with Crippen molar-refractivity contribution in [2.24, 2.45) is 5.92 Å². The minimum Gasteiger partial charge on any atom is -0.380 e. The van der Waals surface area contributed by atoms with Crippen LogP contribution in [0.2, 0.25) is 0 Å². The van der Waals surface area contributed by atoms with Gasteiger partial charge in [0.1, 0.15) is 0 Å². The maximum Gasteiger partial charge on any atom is 0.0713 e. The van der Waals surface area contributed by atoms with Crippen LogP contribution in [-0.4, -0.2) is 7.11 Å². The van der Waals surface area contributed by atoms with Gasteiger partial charge in [-0.1, -0.05) is 69.2 Å². The van der Waals surface area contributed by atoms with Crippen molar-refractivity contribution in [1.29, 1.82) is 0 Å². The van der Waals surface area contributed by atoms with Gasteiger partial charge in [-0.2, -0.15) is 0 Å². The van der Waals surface area contributed by atoms with Crippen molar-refractivity contribution in [3.05, 3.63) is 35.4 Å². The van der Waals surface area contributed by atoms with Gasteiger partial charge in [0.05, 0.1) is 6.61 Å². The molecule has 1 aromatic carbocycles. The molecule has 1 heteroatoms. The van der Waals surface area contributed by atoms with Crippen LogP contribution >= 0.6 is 0 Å². The highest BCUT2D eigenvalue weighted by molar-refractivity contribution is 5.23. The third kappa shape index (κ3) is 5.36. The predicted octanol–water partition coefficient (Wildman–Crippen LogP) is 5.13. The van der Waals surface area contributed by atoms with Crippen LogP contribution in [0.15, 0.2) is 24.3 Å². The summed E-state index contributed by atoms with van der Waals surface area (Å²) in [5, 5.41) is 0. The Hall–Kier alpha value is -0.820. The lowest BCUT2D eigenvalue weighted by atomic mass is 9.85. The van der Waals surface area contributed by atoms with Crippen molar-refractivity contribution in [2.75, 3.05) is 7.11 Å². The molecule has 2 rings (SSSR count). The molecule has 0 saturated heterocycles. The fourth-order valence-electron chi connectivity index (χ4n) is 3.28. The Bertz CT molecular complexity index is 352. The average molecular weight is 260 g/mol. The highest BCUT2D eigenvalue weighted by Gasteiger charge is 2.12. The van der Waals surface area contributed by atoms with Gasteiger partial charge in [-0.25, -0.2) is 0 Å². The van der Waals surface area contributed by atoms with E-state index in [0.717, 1.165) is 12.5 Å². The van der Waals surface area contributed by atoms with Crippen molar-refractivity contribution >= 4 is 0 Å². The number of rotatable bonds is 7. The summed E-state index contributed by atoms with van der Waals surface area (Å²) in [6.07, 6.45) is 12.8. The van der Waals surface area contributed by atoms with E-state index < -0.39 is 0 Å². The van der Waals surface area contributed by atoms with E-state index in [2.05, 4.69) is 24.3 Å². The van der Waals surface area contributed by atoms with E-state index in [1.807, 2.05) is 0 Å². The summed E-state index contributed by atoms with van der Waals surface area (Å²) in [7, 11) is 1.76. The summed E-state index contributed by atoms with van der Waals surface area (Å²) >= 11 is 0. The normalized spacial score (nSPS) is 16.7. The summed E-state index contributed by atoms with van der Waals surface area (Å²) in [5.41, 5.74) is 2.77. The molecule has 0 atom stereocenters. The Kier molecular flexibility index (Phi) is 6.43. The minimum atomic E-state index is 0.732. The molecule has 0 radical (unpaired) electrons. The van der Waals surface area contributed by atoms with Gasteiger partial charge < -0.3 is 4.74 Å². The number of hydrogen-bond acceptors (Lipinski definition) is 1. The summed E-state index contributed by atoms with van der Waals surface area (Å²) in [6, 6.07) is 8.85. The zero-order valence-electron chi connectivity index (χ0n) is 12.4. The first kappa shape index (κ1) is 14.6. The maximum atomic E-state index is 5.19. The van der Waals surface area contributed by atoms with E-state index in [1.54, 1.807) is 7.11 Å². The largest absolute Gasteiger partial charge is 0.380 e. The van der Waals surface area contributed by atoms with Crippen molar-refractivity contribution in [1.82, 2.24) is 0 Å². The topological polar surface area (TPSA) is 9.23 Å². The molecule has 19 heavy (non-hydrogen) atoms. The first-order valence-corrected chi connectivity index (χ1v) is 7.95. The van der Waals surface area contributed by atoms with Gasteiger partial charge in [0.25, 0.3) is 0 Å². The maximum absolute atomic E-state index is 5.19. The third-order valence-corrected chi connectivity index (χ3v) is 4.35. The van der Waals surface area contributed by atoms with Crippen LogP contribution < -0.4 is 0 Å². The molecule has 0 amide bonds. The Morgan fingerprint density at radius 3 is 2.63 bits per heavy atom. The van der Waals surface area contributed by atoms with Crippen molar-refractivity contribution in [3.63, 3.8) is 0 Å². The zero-order valence-corrected chi connectivity index (χ0v) is 12.4. The molecular formula is C18H28O. The van der Waals surface area contributed by atoms with Gasteiger partial charge >= 0.3 is 0 Å². The third-order valence-electron chi connectivity index (χ3n) is 4.35. The number of aryl methyl sites for hydroxylation is 1. The number of benzene rings is 1. The Labute approximate surface area is 118 Å². The molecule has 1 saturated carbocycles. The smallest absolute Gasteiger partial charge is 0.0713 e. The highest BCUT2D eigenvalue weighted by atomic mass is 16.5. The molecule has 106 valence electrons. The quantitative estimate of drug-likeness (QED) is 0.618. The van der Waals surface area contributed by atoms with E-state index in [-0.39, 0.29) is 0 Å². The zero-order chi connectivity index (χ0) is 13.3. The van der Waals surface area contributed by atoms with E-state index in [1.165, 1.54) is 68.9 Å². The lowest BCUT2D eigenvalue weighted by molar-refractivity contribution is 0.185. The summed E-state index contributed by atoms with van der Waals surface area (Å²) in [4.78, 5) is 0. The van der Waals surface area contributed by atoms with Crippen molar-refractivity contribution in [2.45, 2.75) is 64.4 Å². The number of unbranched alkanes of at least 4 members (excludes halogenated alkanes) is 1. The predicted molar refractivity (Wildman–Crippen MR) is 81.3 cm³/mol. The second-order valence-electron chi connectivity index (χ2n) is 6.00. The molecule has 1 nitrogen and oxygen atoms in total.